The van der Waals surface area contributed by atoms with Crippen molar-refractivity contribution >= 4 is 53.6 Å². The van der Waals surface area contributed by atoms with Gasteiger partial charge in [-0.3, -0.25) is 0 Å². The predicted molar refractivity (Wildman–Crippen MR) is 171 cm³/mol. The van der Waals surface area contributed by atoms with Gasteiger partial charge in [-0.05, 0) is 0 Å². The van der Waals surface area contributed by atoms with Gasteiger partial charge in [-0.15, -0.1) is 0 Å². The zero-order valence-electron chi connectivity index (χ0n) is 25.1. The summed E-state index contributed by atoms with van der Waals surface area (Å²) in [4.78, 5) is 12.0. The number of carbonyl (C=O) groups excluding carboxylic acids is 1. The average Bonchev–Trinajstić information content (AvgIpc) is 3.37. The van der Waals surface area contributed by atoms with Crippen molar-refractivity contribution in [1.82, 2.24) is 0 Å². The van der Waals surface area contributed by atoms with Crippen molar-refractivity contribution in [1.29, 1.82) is 0 Å². The van der Waals surface area contributed by atoms with Gasteiger partial charge in [-0.1, -0.05) is 0 Å². The number of methoxy groups -OCH3 is 1. The minimum absolute atomic E-state index is 0.0175. The molecule has 0 N–H and O–H groups in total. The van der Waals surface area contributed by atoms with Crippen molar-refractivity contribution in [3.63, 3.8) is 0 Å². The van der Waals surface area contributed by atoms with E-state index in [4.69, 9.17) is 23.4 Å². The van der Waals surface area contributed by atoms with Gasteiger partial charge in [0.15, 0.2) is 0 Å². The first-order chi connectivity index (χ1) is 19.0. The molecule has 3 fully saturated rings. The Labute approximate surface area is 265 Å². The molecule has 4 rings (SSSR count). The van der Waals surface area contributed by atoms with Gasteiger partial charge in [0.05, 0.1) is 0 Å². The topological polar surface area (TPSA) is 63.2 Å². The van der Waals surface area contributed by atoms with Gasteiger partial charge < -0.3 is 0 Å². The summed E-state index contributed by atoms with van der Waals surface area (Å²) in [5, 5.41) is 0. The molecule has 2 aliphatic heterocycles. The summed E-state index contributed by atoms with van der Waals surface area (Å²) in [5.74, 6) is 0.0536. The van der Waals surface area contributed by atoms with Gasteiger partial charge in [-0.25, -0.2) is 0 Å². The molecule has 0 spiro atoms. The fourth-order valence-electron chi connectivity index (χ4n) is 7.46. The number of hydrogen-bond acceptors (Lipinski definition) is 6. The van der Waals surface area contributed by atoms with Gasteiger partial charge in [0.2, 0.25) is 0 Å². The summed E-state index contributed by atoms with van der Waals surface area (Å²) in [6.07, 6.45) is 5.96. The molecule has 2 saturated heterocycles. The standard InChI is InChI=1S/C31H49IO6SeSi/c1-29(2,3)27-22(37-26-17-10-11-18-35-26)19-24-31(27,21-13-8-7-9-14-21)28(39)30(38-24,20-36-40(5)6)23(32)15-12-16-25(33)34-4/h7-9,13-14,22-24,26-28,39-40H,10-12,15-20H2,1-6H3/t22-,23?,24+,26?,27+,28?,30?,31+/m1/s1. The van der Waals surface area contributed by atoms with Crippen LogP contribution in [0.15, 0.2) is 30.3 Å². The van der Waals surface area contributed by atoms with Gasteiger partial charge in [0.1, 0.15) is 0 Å². The van der Waals surface area contributed by atoms with Gasteiger partial charge >= 0.3 is 266 Å². The Morgan fingerprint density at radius 1 is 1.23 bits per heavy atom. The third kappa shape index (κ3) is 6.57. The SMILES string of the molecule is COC(=O)CCCC(I)C1(CO[SiH](C)C)O[C@H]2C[C@@H](OC3CCCCO3)[C@@H](C(C)(C)C)[C@@]2(c2ccccc2)C1[SeH]. The Bertz CT molecular complexity index is 970. The van der Waals surface area contributed by atoms with Crippen LogP contribution in [-0.4, -0.2) is 79.4 Å². The fraction of sp³-hybridized carbons (Fsp3) is 0.774. The second-order valence-electron chi connectivity index (χ2n) is 13.1. The van der Waals surface area contributed by atoms with Crippen LogP contribution >= 0.6 is 22.6 Å². The summed E-state index contributed by atoms with van der Waals surface area (Å²) >= 11 is 5.64. The molecule has 9 heteroatoms. The maximum atomic E-state index is 11.9. The molecule has 4 unspecified atom stereocenters. The van der Waals surface area contributed by atoms with Crippen LogP contribution in [0.3, 0.4) is 0 Å². The van der Waals surface area contributed by atoms with Crippen molar-refractivity contribution in [2.24, 2.45) is 11.3 Å². The molecular weight excluding hydrogens is 702 g/mol. The summed E-state index contributed by atoms with van der Waals surface area (Å²) in [6.45, 7) is 12.9. The van der Waals surface area contributed by atoms with E-state index in [1.54, 1.807) is 0 Å². The number of esters is 1. The first-order valence-electron chi connectivity index (χ1n) is 15.0. The van der Waals surface area contributed by atoms with Crippen LogP contribution in [-0.2, 0) is 33.6 Å². The van der Waals surface area contributed by atoms with Crippen LogP contribution in [0.4, 0.5) is 0 Å². The number of rotatable bonds is 11. The van der Waals surface area contributed by atoms with Crippen LogP contribution in [0.25, 0.3) is 0 Å². The van der Waals surface area contributed by atoms with Crippen LogP contribution < -0.4 is 0 Å². The first-order valence-corrected chi connectivity index (χ1v) is 20.1. The number of hydrogen-bond donors (Lipinski definition) is 0. The molecule has 0 aromatic heterocycles. The van der Waals surface area contributed by atoms with Crippen molar-refractivity contribution < 1.29 is 28.2 Å². The Balaban J connectivity index is 1.77. The fourth-order valence-corrected chi connectivity index (χ4v) is 11.5. The number of alkyl halides is 1. The molecule has 1 saturated carbocycles. The Morgan fingerprint density at radius 2 is 1.95 bits per heavy atom. The van der Waals surface area contributed by atoms with Crippen molar-refractivity contribution in [2.45, 2.75) is 117 Å². The van der Waals surface area contributed by atoms with Crippen molar-refractivity contribution in [3.8, 4) is 0 Å². The molecule has 40 heavy (non-hydrogen) atoms. The van der Waals surface area contributed by atoms with Crippen LogP contribution in [0, 0.1) is 11.3 Å². The van der Waals surface area contributed by atoms with Crippen molar-refractivity contribution in [2.75, 3.05) is 20.3 Å². The van der Waals surface area contributed by atoms with Gasteiger partial charge in [-0.2, -0.15) is 0 Å². The molecule has 1 aromatic carbocycles. The predicted octanol–water partition coefficient (Wildman–Crippen LogP) is 5.88. The number of benzene rings is 1. The molecule has 1 aromatic rings. The molecule has 226 valence electrons. The van der Waals surface area contributed by atoms with E-state index >= 15 is 0 Å². The number of halogens is 1. The van der Waals surface area contributed by atoms with Gasteiger partial charge in [0, 0.05) is 0 Å². The molecule has 0 bridgehead atoms. The van der Waals surface area contributed by atoms with E-state index < -0.39 is 14.6 Å². The number of carbonyl (C=O) groups is 1. The zero-order valence-corrected chi connectivity index (χ0v) is 30.3. The third-order valence-electron chi connectivity index (χ3n) is 9.05. The third-order valence-corrected chi connectivity index (χ3v) is 13.4. The van der Waals surface area contributed by atoms with E-state index in [2.05, 4.69) is 103 Å². The monoisotopic (exact) mass is 752 g/mol. The summed E-state index contributed by atoms with van der Waals surface area (Å²) in [7, 11) is 0.150. The Morgan fingerprint density at radius 3 is 2.55 bits per heavy atom. The van der Waals surface area contributed by atoms with E-state index in [-0.39, 0.29) is 50.0 Å². The summed E-state index contributed by atoms with van der Waals surface area (Å²) < 4.78 is 32.0. The van der Waals surface area contributed by atoms with E-state index in [1.165, 1.54) is 12.7 Å². The molecule has 2 heterocycles. The Hall–Kier alpha value is -0.00364. The van der Waals surface area contributed by atoms with E-state index in [0.717, 1.165) is 45.1 Å². The maximum absolute atomic E-state index is 11.9. The number of fused-ring (bicyclic) bond motifs is 1. The van der Waals surface area contributed by atoms with E-state index in [0.29, 0.717) is 13.0 Å². The van der Waals surface area contributed by atoms with E-state index in [9.17, 15) is 4.79 Å². The summed E-state index contributed by atoms with van der Waals surface area (Å²) in [6, 6.07) is 11.0. The molecule has 6 nitrogen and oxygen atoms in total. The molecule has 0 radical (unpaired) electrons. The average molecular weight is 752 g/mol. The van der Waals surface area contributed by atoms with Crippen LogP contribution in [0.1, 0.15) is 71.3 Å². The Kier molecular flexibility index (Phi) is 11.3. The number of ether oxygens (including phenoxy) is 4. The first kappa shape index (κ1) is 32.9. The molecule has 1 aliphatic carbocycles. The molecule has 0 amide bonds. The van der Waals surface area contributed by atoms with Gasteiger partial charge in [0.25, 0.3) is 0 Å². The second-order valence-corrected chi connectivity index (χ2v) is 18.1. The molecule has 8 atom stereocenters. The normalized spacial score (nSPS) is 35.1. The molecular formula is C31H49IO6SeSi. The molecule has 3 aliphatic rings. The van der Waals surface area contributed by atoms with Crippen LogP contribution in [0.2, 0.25) is 17.9 Å². The summed E-state index contributed by atoms with van der Waals surface area (Å²) in [5.41, 5.74) is 0.514. The second kappa shape index (κ2) is 13.7. The zero-order chi connectivity index (χ0) is 29.1. The van der Waals surface area contributed by atoms with E-state index in [1.807, 2.05) is 0 Å². The quantitative estimate of drug-likeness (QED) is 0.122. The van der Waals surface area contributed by atoms with Crippen molar-refractivity contribution in [3.05, 3.63) is 35.9 Å². The van der Waals surface area contributed by atoms with Crippen LogP contribution in [0.5, 0.6) is 0 Å². The minimum atomic E-state index is -1.31.